The minimum absolute atomic E-state index is 0.251. The zero-order chi connectivity index (χ0) is 14.5. The van der Waals surface area contributed by atoms with E-state index in [1.807, 2.05) is 18.2 Å². The number of nitrogens with zero attached hydrogens (tertiary/aromatic N) is 3. The van der Waals surface area contributed by atoms with Crippen LogP contribution in [0.4, 0.5) is 17.5 Å². The van der Waals surface area contributed by atoms with Crippen molar-refractivity contribution in [2.24, 2.45) is 0 Å². The Hall–Kier alpha value is -2.61. The van der Waals surface area contributed by atoms with E-state index in [1.54, 1.807) is 13.3 Å². The molecule has 0 atom stereocenters. The predicted molar refractivity (Wildman–Crippen MR) is 76.0 cm³/mol. The zero-order valence-electron chi connectivity index (χ0n) is 11.5. The first-order chi connectivity index (χ1) is 10.3. The summed E-state index contributed by atoms with van der Waals surface area (Å²) in [6.07, 6.45) is 1.55. The Morgan fingerprint density at radius 1 is 1.29 bits per heavy atom. The SMILES string of the molecule is COCCNc1nncc(Nc2ccc3c(c2)OCO3)n1. The van der Waals surface area contributed by atoms with E-state index in [2.05, 4.69) is 25.8 Å². The van der Waals surface area contributed by atoms with E-state index in [4.69, 9.17) is 14.2 Å². The van der Waals surface area contributed by atoms with Gasteiger partial charge in [-0.3, -0.25) is 0 Å². The molecule has 21 heavy (non-hydrogen) atoms. The molecule has 0 aliphatic carbocycles. The number of methoxy groups -OCH3 is 1. The van der Waals surface area contributed by atoms with Gasteiger partial charge in [0.25, 0.3) is 0 Å². The first-order valence-corrected chi connectivity index (χ1v) is 6.44. The average Bonchev–Trinajstić information content (AvgIpc) is 2.95. The lowest BCUT2D eigenvalue weighted by Gasteiger charge is -2.08. The third kappa shape index (κ3) is 3.29. The molecule has 1 aromatic carbocycles. The van der Waals surface area contributed by atoms with Gasteiger partial charge in [0.05, 0.1) is 12.8 Å². The third-order valence-corrected chi connectivity index (χ3v) is 2.79. The van der Waals surface area contributed by atoms with Crippen molar-refractivity contribution in [2.75, 3.05) is 37.7 Å². The maximum Gasteiger partial charge on any atom is 0.244 e. The molecule has 0 radical (unpaired) electrons. The highest BCUT2D eigenvalue weighted by molar-refractivity contribution is 5.61. The zero-order valence-corrected chi connectivity index (χ0v) is 11.5. The van der Waals surface area contributed by atoms with Crippen molar-refractivity contribution in [3.63, 3.8) is 0 Å². The normalized spacial score (nSPS) is 12.2. The quantitative estimate of drug-likeness (QED) is 0.771. The van der Waals surface area contributed by atoms with Crippen LogP contribution >= 0.6 is 0 Å². The van der Waals surface area contributed by atoms with E-state index in [0.29, 0.717) is 30.7 Å². The van der Waals surface area contributed by atoms with E-state index in [-0.39, 0.29) is 6.79 Å². The number of hydrogen-bond donors (Lipinski definition) is 2. The summed E-state index contributed by atoms with van der Waals surface area (Å²) >= 11 is 0. The second-order valence-electron chi connectivity index (χ2n) is 4.28. The molecule has 2 aromatic rings. The van der Waals surface area contributed by atoms with Crippen molar-refractivity contribution in [1.29, 1.82) is 0 Å². The minimum Gasteiger partial charge on any atom is -0.454 e. The molecule has 110 valence electrons. The molecule has 8 heteroatoms. The maximum atomic E-state index is 5.33. The van der Waals surface area contributed by atoms with Gasteiger partial charge >= 0.3 is 0 Å². The first-order valence-electron chi connectivity index (χ1n) is 6.44. The molecular weight excluding hydrogens is 274 g/mol. The lowest BCUT2D eigenvalue weighted by molar-refractivity contribution is 0.174. The van der Waals surface area contributed by atoms with E-state index in [1.165, 1.54) is 0 Å². The van der Waals surface area contributed by atoms with E-state index < -0.39 is 0 Å². The highest BCUT2D eigenvalue weighted by Gasteiger charge is 2.13. The fourth-order valence-electron chi connectivity index (χ4n) is 1.83. The van der Waals surface area contributed by atoms with Gasteiger partial charge < -0.3 is 24.8 Å². The Kier molecular flexibility index (Phi) is 3.97. The molecule has 0 fully saturated rings. The summed E-state index contributed by atoms with van der Waals surface area (Å²) in [6, 6.07) is 5.58. The molecule has 0 amide bonds. The number of nitrogens with one attached hydrogen (secondary N) is 2. The standard InChI is InChI=1S/C13H15N5O3/c1-19-5-4-14-13-17-12(7-15-18-13)16-9-2-3-10-11(6-9)21-8-20-10/h2-3,6-7H,4-5,8H2,1H3,(H2,14,16,17,18). The highest BCUT2D eigenvalue weighted by Crippen LogP contribution is 2.34. The molecule has 1 aliphatic rings. The van der Waals surface area contributed by atoms with Gasteiger partial charge in [0.15, 0.2) is 17.3 Å². The third-order valence-electron chi connectivity index (χ3n) is 2.79. The van der Waals surface area contributed by atoms with E-state index >= 15 is 0 Å². The van der Waals surface area contributed by atoms with Crippen molar-refractivity contribution in [3.05, 3.63) is 24.4 Å². The average molecular weight is 289 g/mol. The molecule has 0 bridgehead atoms. The van der Waals surface area contributed by atoms with Crippen LogP contribution in [0.15, 0.2) is 24.4 Å². The van der Waals surface area contributed by atoms with Gasteiger partial charge in [0.2, 0.25) is 12.7 Å². The summed E-state index contributed by atoms with van der Waals surface area (Å²) in [6.45, 7) is 1.44. The molecule has 1 aliphatic heterocycles. The fraction of sp³-hybridized carbons (Fsp3) is 0.308. The second-order valence-corrected chi connectivity index (χ2v) is 4.28. The molecule has 2 heterocycles. The number of rotatable bonds is 6. The van der Waals surface area contributed by atoms with Crippen molar-refractivity contribution >= 4 is 17.5 Å². The van der Waals surface area contributed by atoms with Gasteiger partial charge in [-0.05, 0) is 12.1 Å². The number of fused-ring (bicyclic) bond motifs is 1. The Morgan fingerprint density at radius 3 is 3.10 bits per heavy atom. The van der Waals surface area contributed by atoms with E-state index in [0.717, 1.165) is 11.4 Å². The number of aromatic nitrogens is 3. The maximum absolute atomic E-state index is 5.33. The van der Waals surface area contributed by atoms with Crippen LogP contribution in [0.2, 0.25) is 0 Å². The molecule has 0 saturated carbocycles. The first kappa shape index (κ1) is 13.4. The van der Waals surface area contributed by atoms with Gasteiger partial charge in [-0.25, -0.2) is 0 Å². The summed E-state index contributed by atoms with van der Waals surface area (Å²) in [5, 5.41) is 14.0. The van der Waals surface area contributed by atoms with E-state index in [9.17, 15) is 0 Å². The van der Waals surface area contributed by atoms with Crippen LogP contribution in [0, 0.1) is 0 Å². The molecule has 0 unspecified atom stereocenters. The van der Waals surface area contributed by atoms with Crippen molar-refractivity contribution in [2.45, 2.75) is 0 Å². The summed E-state index contributed by atoms with van der Waals surface area (Å²) < 4.78 is 15.5. The molecule has 1 aromatic heterocycles. The molecule has 8 nitrogen and oxygen atoms in total. The molecule has 3 rings (SSSR count). The molecule has 0 spiro atoms. The van der Waals surface area contributed by atoms with Gasteiger partial charge in [-0.15, -0.1) is 5.10 Å². The van der Waals surface area contributed by atoms with Crippen LogP contribution in [0.5, 0.6) is 11.5 Å². The molecule has 2 N–H and O–H groups in total. The van der Waals surface area contributed by atoms with Crippen LogP contribution in [0.3, 0.4) is 0 Å². The van der Waals surface area contributed by atoms with Crippen LogP contribution in [-0.4, -0.2) is 42.2 Å². The van der Waals surface area contributed by atoms with Crippen molar-refractivity contribution in [1.82, 2.24) is 15.2 Å². The van der Waals surface area contributed by atoms with Crippen LogP contribution < -0.4 is 20.1 Å². The van der Waals surface area contributed by atoms with Gasteiger partial charge in [-0.2, -0.15) is 10.1 Å². The highest BCUT2D eigenvalue weighted by atomic mass is 16.7. The number of benzene rings is 1. The van der Waals surface area contributed by atoms with Crippen LogP contribution in [0.25, 0.3) is 0 Å². The van der Waals surface area contributed by atoms with Gasteiger partial charge in [-0.1, -0.05) is 0 Å². The number of anilines is 3. The fourth-order valence-corrected chi connectivity index (χ4v) is 1.83. The summed E-state index contributed by atoms with van der Waals surface area (Å²) in [5.74, 6) is 2.48. The molecular formula is C13H15N5O3. The lowest BCUT2D eigenvalue weighted by Crippen LogP contribution is -2.11. The summed E-state index contributed by atoms with van der Waals surface area (Å²) in [4.78, 5) is 4.31. The monoisotopic (exact) mass is 289 g/mol. The lowest BCUT2D eigenvalue weighted by atomic mass is 10.3. The Morgan fingerprint density at radius 2 is 2.19 bits per heavy atom. The topological polar surface area (TPSA) is 90.4 Å². The summed E-state index contributed by atoms with van der Waals surface area (Å²) in [7, 11) is 1.64. The van der Waals surface area contributed by atoms with Gasteiger partial charge in [0.1, 0.15) is 0 Å². The molecule has 0 saturated heterocycles. The summed E-state index contributed by atoms with van der Waals surface area (Å²) in [5.41, 5.74) is 0.836. The van der Waals surface area contributed by atoms with Crippen molar-refractivity contribution < 1.29 is 14.2 Å². The van der Waals surface area contributed by atoms with Crippen LogP contribution in [-0.2, 0) is 4.74 Å². The van der Waals surface area contributed by atoms with Gasteiger partial charge in [0, 0.05) is 25.4 Å². The van der Waals surface area contributed by atoms with Crippen LogP contribution in [0.1, 0.15) is 0 Å². The number of hydrogen-bond acceptors (Lipinski definition) is 8. The predicted octanol–water partition coefficient (Wildman–Crippen LogP) is 1.40. The number of ether oxygens (including phenoxy) is 3. The largest absolute Gasteiger partial charge is 0.454 e. The second kappa shape index (κ2) is 6.23. The Bertz CT molecular complexity index is 623. The minimum atomic E-state index is 0.251. The Balaban J connectivity index is 1.68. The van der Waals surface area contributed by atoms with Crippen molar-refractivity contribution in [3.8, 4) is 11.5 Å². The smallest absolute Gasteiger partial charge is 0.244 e. The Labute approximate surface area is 121 Å².